The van der Waals surface area contributed by atoms with Gasteiger partial charge < -0.3 is 20.9 Å². The van der Waals surface area contributed by atoms with Crippen molar-refractivity contribution in [2.24, 2.45) is 11.5 Å². The summed E-state index contributed by atoms with van der Waals surface area (Å²) in [4.78, 5) is 11.1. The van der Waals surface area contributed by atoms with Crippen molar-refractivity contribution in [2.45, 2.75) is 64.3 Å². The van der Waals surface area contributed by atoms with Crippen LogP contribution < -0.4 is 11.5 Å². The molecule has 0 aliphatic heterocycles. The number of ether oxygens (including phenoxy) is 2. The van der Waals surface area contributed by atoms with Crippen molar-refractivity contribution in [2.75, 3.05) is 0 Å². The van der Waals surface area contributed by atoms with E-state index in [2.05, 4.69) is 0 Å². The molecule has 6 heteroatoms. The first-order valence-corrected chi connectivity index (χ1v) is 9.16. The van der Waals surface area contributed by atoms with E-state index in [1.807, 2.05) is 44.2 Å². The lowest BCUT2D eigenvalue weighted by Gasteiger charge is -2.37. The van der Waals surface area contributed by atoms with Crippen LogP contribution in [0.1, 0.15) is 52.5 Å². The quantitative estimate of drug-likeness (QED) is 0.737. The second kappa shape index (κ2) is 8.03. The molecule has 2 atom stereocenters. The Kier molecular flexibility index (Phi) is 6.19. The number of hydrogen-bond donors (Lipinski definition) is 2. The topological polar surface area (TPSA) is 87.6 Å². The molecule has 4 N–H and O–H groups in total. The zero-order valence-corrected chi connectivity index (χ0v) is 16.4. The summed E-state index contributed by atoms with van der Waals surface area (Å²) < 4.78 is 27.0. The zero-order chi connectivity index (χ0) is 20.2. The van der Waals surface area contributed by atoms with Gasteiger partial charge >= 0.3 is 6.09 Å². The molecule has 0 aromatic heterocycles. The van der Waals surface area contributed by atoms with Crippen molar-refractivity contribution in [3.63, 3.8) is 0 Å². The molecule has 0 radical (unpaired) electrons. The van der Waals surface area contributed by atoms with E-state index in [-0.39, 0.29) is 24.6 Å². The SMILES string of the molecule is CCC(C)OC1=C(c2ccccc2)C=C(N)C(F)(CC(C)(C)OC(N)=O)C1. The second-order valence-electron chi connectivity index (χ2n) is 7.64. The van der Waals surface area contributed by atoms with Crippen LogP contribution >= 0.6 is 0 Å². The molecule has 1 aromatic carbocycles. The number of carbonyl (C=O) groups is 1. The van der Waals surface area contributed by atoms with E-state index in [0.717, 1.165) is 17.6 Å². The van der Waals surface area contributed by atoms with Crippen molar-refractivity contribution in [1.82, 2.24) is 0 Å². The van der Waals surface area contributed by atoms with Gasteiger partial charge in [0.25, 0.3) is 0 Å². The zero-order valence-electron chi connectivity index (χ0n) is 16.4. The van der Waals surface area contributed by atoms with Gasteiger partial charge in [-0.15, -0.1) is 0 Å². The Morgan fingerprint density at radius 2 is 1.96 bits per heavy atom. The summed E-state index contributed by atoms with van der Waals surface area (Å²) >= 11 is 0. The predicted molar refractivity (Wildman–Crippen MR) is 104 cm³/mol. The Balaban J connectivity index is 2.41. The molecule has 0 saturated heterocycles. The molecule has 2 unspecified atom stereocenters. The van der Waals surface area contributed by atoms with Crippen molar-refractivity contribution in [1.29, 1.82) is 0 Å². The third-order valence-corrected chi connectivity index (χ3v) is 4.64. The van der Waals surface area contributed by atoms with Gasteiger partial charge in [-0.25, -0.2) is 9.18 Å². The molecule has 1 aliphatic rings. The number of alkyl halides is 1. The van der Waals surface area contributed by atoms with Gasteiger partial charge in [0, 0.05) is 24.1 Å². The molecule has 0 fully saturated rings. The minimum atomic E-state index is -1.90. The normalized spacial score (nSPS) is 21.4. The van der Waals surface area contributed by atoms with Gasteiger partial charge in [0.05, 0.1) is 6.10 Å². The van der Waals surface area contributed by atoms with Gasteiger partial charge in [-0.1, -0.05) is 37.3 Å². The number of halogens is 1. The van der Waals surface area contributed by atoms with Crippen molar-refractivity contribution in [3.8, 4) is 0 Å². The lowest BCUT2D eigenvalue weighted by atomic mass is 9.80. The van der Waals surface area contributed by atoms with Crippen LogP contribution in [0.15, 0.2) is 47.9 Å². The van der Waals surface area contributed by atoms with Crippen LogP contribution in [0.25, 0.3) is 5.57 Å². The van der Waals surface area contributed by atoms with Gasteiger partial charge in [0.15, 0.2) is 5.67 Å². The standard InChI is InChI=1S/C21H29FN2O3/c1-5-14(2)26-17-12-21(22,13-20(3,4)27-19(24)25)18(23)11-16(17)15-9-7-6-8-10-15/h6-11,14H,5,12-13,23H2,1-4H3,(H2,24,25). The van der Waals surface area contributed by atoms with E-state index >= 15 is 4.39 Å². The van der Waals surface area contributed by atoms with Crippen molar-refractivity contribution >= 4 is 11.7 Å². The molecule has 1 aromatic rings. The van der Waals surface area contributed by atoms with Crippen molar-refractivity contribution in [3.05, 3.63) is 53.4 Å². The third-order valence-electron chi connectivity index (χ3n) is 4.64. The average Bonchev–Trinajstić information content (AvgIpc) is 2.56. The molecular weight excluding hydrogens is 347 g/mol. The Morgan fingerprint density at radius 1 is 1.33 bits per heavy atom. The minimum absolute atomic E-state index is 0.0323. The Labute approximate surface area is 160 Å². The number of benzene rings is 1. The molecule has 1 aliphatic carbocycles. The molecule has 0 bridgehead atoms. The van der Waals surface area contributed by atoms with E-state index in [1.165, 1.54) is 0 Å². The fraction of sp³-hybridized carbons (Fsp3) is 0.476. The lowest BCUT2D eigenvalue weighted by molar-refractivity contribution is -0.00587. The molecule has 27 heavy (non-hydrogen) atoms. The third kappa shape index (κ3) is 5.25. The number of amides is 1. The molecule has 0 spiro atoms. The van der Waals surface area contributed by atoms with E-state index in [9.17, 15) is 4.79 Å². The van der Waals surface area contributed by atoms with Gasteiger partial charge in [-0.3, -0.25) is 0 Å². The highest BCUT2D eigenvalue weighted by atomic mass is 19.1. The Hall–Kier alpha value is -2.50. The van der Waals surface area contributed by atoms with Crippen LogP contribution in [-0.2, 0) is 9.47 Å². The van der Waals surface area contributed by atoms with E-state index < -0.39 is 17.4 Å². The molecule has 0 heterocycles. The molecule has 148 valence electrons. The van der Waals surface area contributed by atoms with Gasteiger partial charge in [0.2, 0.25) is 0 Å². The Morgan fingerprint density at radius 3 is 2.52 bits per heavy atom. The van der Waals surface area contributed by atoms with Crippen LogP contribution in [-0.4, -0.2) is 23.5 Å². The fourth-order valence-corrected chi connectivity index (χ4v) is 3.26. The molecule has 2 rings (SSSR count). The van der Waals surface area contributed by atoms with Gasteiger partial charge in [0.1, 0.15) is 11.4 Å². The van der Waals surface area contributed by atoms with Crippen LogP contribution in [0.4, 0.5) is 9.18 Å². The molecule has 1 amide bonds. The summed E-state index contributed by atoms with van der Waals surface area (Å²) in [7, 11) is 0. The first-order valence-electron chi connectivity index (χ1n) is 9.16. The highest BCUT2D eigenvalue weighted by molar-refractivity contribution is 5.78. The van der Waals surface area contributed by atoms with Crippen LogP contribution in [0.5, 0.6) is 0 Å². The Bertz CT molecular complexity index is 743. The van der Waals surface area contributed by atoms with Crippen LogP contribution in [0.3, 0.4) is 0 Å². The summed E-state index contributed by atoms with van der Waals surface area (Å²) in [6.07, 6.45) is 1.25. The smallest absolute Gasteiger partial charge is 0.405 e. The second-order valence-corrected chi connectivity index (χ2v) is 7.64. The summed E-state index contributed by atoms with van der Waals surface area (Å²) in [5.41, 5.74) is 9.99. The van der Waals surface area contributed by atoms with Crippen molar-refractivity contribution < 1.29 is 18.7 Å². The number of rotatable bonds is 7. The summed E-state index contributed by atoms with van der Waals surface area (Å²) in [5, 5.41) is 0. The van der Waals surface area contributed by atoms with Crippen LogP contribution in [0, 0.1) is 0 Å². The summed E-state index contributed by atoms with van der Waals surface area (Å²) in [6, 6.07) is 9.61. The maximum atomic E-state index is 15.9. The van der Waals surface area contributed by atoms with E-state index in [1.54, 1.807) is 19.9 Å². The van der Waals surface area contributed by atoms with Crippen LogP contribution in [0.2, 0.25) is 0 Å². The van der Waals surface area contributed by atoms with E-state index in [4.69, 9.17) is 20.9 Å². The lowest BCUT2D eigenvalue weighted by Crippen LogP contribution is -2.43. The first-order chi connectivity index (χ1) is 12.6. The number of primary amides is 1. The van der Waals surface area contributed by atoms with Gasteiger partial charge in [-0.05, 0) is 38.8 Å². The number of carbonyl (C=O) groups excluding carboxylic acids is 1. The molecule has 5 nitrogen and oxygen atoms in total. The fourth-order valence-electron chi connectivity index (χ4n) is 3.26. The maximum absolute atomic E-state index is 15.9. The maximum Gasteiger partial charge on any atom is 0.405 e. The van der Waals surface area contributed by atoms with E-state index in [0.29, 0.717) is 5.76 Å². The molecular formula is C21H29FN2O3. The number of hydrogen-bond acceptors (Lipinski definition) is 4. The molecule has 0 saturated carbocycles. The van der Waals surface area contributed by atoms with Gasteiger partial charge in [-0.2, -0.15) is 0 Å². The highest BCUT2D eigenvalue weighted by Crippen LogP contribution is 2.43. The summed E-state index contributed by atoms with van der Waals surface area (Å²) in [5.74, 6) is 0.544. The highest BCUT2D eigenvalue weighted by Gasteiger charge is 2.44. The monoisotopic (exact) mass is 376 g/mol. The number of nitrogens with two attached hydrogens (primary N) is 2. The summed E-state index contributed by atoms with van der Waals surface area (Å²) in [6.45, 7) is 7.17. The first kappa shape index (κ1) is 20.8. The minimum Gasteiger partial charge on any atom is -0.494 e. The average molecular weight is 376 g/mol. The largest absolute Gasteiger partial charge is 0.494 e. The number of allylic oxidation sites excluding steroid dienone is 4. The predicted octanol–water partition coefficient (Wildman–Crippen LogP) is 4.43.